The van der Waals surface area contributed by atoms with Gasteiger partial charge in [0.05, 0.1) is 11.8 Å². The number of carbonyl (C=O) groups excluding carboxylic acids is 1. The Balaban J connectivity index is 1.83. The minimum atomic E-state index is -0.155. The quantitative estimate of drug-likeness (QED) is 0.786. The first-order chi connectivity index (χ1) is 10.1. The molecule has 21 heavy (non-hydrogen) atoms. The Morgan fingerprint density at radius 1 is 1.29 bits per heavy atom. The molecule has 1 atom stereocenters. The van der Waals surface area contributed by atoms with Crippen molar-refractivity contribution in [3.05, 3.63) is 56.2 Å². The van der Waals surface area contributed by atoms with Crippen molar-refractivity contribution in [2.75, 3.05) is 0 Å². The molecule has 1 unspecified atom stereocenters. The average molecular weight is 360 g/mol. The van der Waals surface area contributed by atoms with Gasteiger partial charge in [-0.3, -0.25) is 4.79 Å². The van der Waals surface area contributed by atoms with Crippen LogP contribution in [0, 0.1) is 0 Å². The summed E-state index contributed by atoms with van der Waals surface area (Å²) in [6.07, 6.45) is 0. The van der Waals surface area contributed by atoms with Crippen LogP contribution in [0.2, 0.25) is 10.0 Å². The SMILES string of the molecule is CC(SCc1c(Cl)cccc1Cl)C(=O)NCc1cccs1. The molecular weight excluding hydrogens is 345 g/mol. The molecular formula is C15H15Cl2NOS2. The molecule has 0 aliphatic heterocycles. The summed E-state index contributed by atoms with van der Waals surface area (Å²) in [4.78, 5) is 13.2. The third kappa shape index (κ3) is 4.92. The summed E-state index contributed by atoms with van der Waals surface area (Å²) < 4.78 is 0. The van der Waals surface area contributed by atoms with Crippen LogP contribution in [-0.4, -0.2) is 11.2 Å². The molecule has 1 heterocycles. The average Bonchev–Trinajstić information content (AvgIpc) is 2.97. The zero-order chi connectivity index (χ0) is 15.2. The van der Waals surface area contributed by atoms with Crippen LogP contribution in [0.5, 0.6) is 0 Å². The van der Waals surface area contributed by atoms with Crippen molar-refractivity contribution in [3.63, 3.8) is 0 Å². The second-order valence-electron chi connectivity index (χ2n) is 4.45. The Kier molecular flexibility index (Phi) is 6.42. The molecule has 1 aromatic heterocycles. The van der Waals surface area contributed by atoms with Gasteiger partial charge in [0, 0.05) is 20.7 Å². The van der Waals surface area contributed by atoms with E-state index < -0.39 is 0 Å². The third-order valence-electron chi connectivity index (χ3n) is 2.93. The fraction of sp³-hybridized carbons (Fsp3) is 0.267. The lowest BCUT2D eigenvalue weighted by atomic mass is 10.2. The normalized spacial score (nSPS) is 12.1. The van der Waals surface area contributed by atoms with E-state index in [4.69, 9.17) is 23.2 Å². The third-order valence-corrected chi connectivity index (χ3v) is 5.68. The van der Waals surface area contributed by atoms with Crippen molar-refractivity contribution < 1.29 is 4.79 Å². The summed E-state index contributed by atoms with van der Waals surface area (Å²) in [5, 5.41) is 6.06. The van der Waals surface area contributed by atoms with Crippen LogP contribution in [0.25, 0.3) is 0 Å². The Labute approximate surface area is 142 Å². The number of amides is 1. The number of nitrogens with one attached hydrogen (secondary N) is 1. The van der Waals surface area contributed by atoms with E-state index in [2.05, 4.69) is 5.32 Å². The molecule has 0 bridgehead atoms. The summed E-state index contributed by atoms with van der Waals surface area (Å²) >= 11 is 15.4. The number of carbonyl (C=O) groups is 1. The minimum absolute atomic E-state index is 0.0246. The lowest BCUT2D eigenvalue weighted by molar-refractivity contribution is -0.120. The van der Waals surface area contributed by atoms with E-state index in [1.807, 2.05) is 42.6 Å². The first-order valence-electron chi connectivity index (χ1n) is 6.42. The molecule has 0 saturated heterocycles. The maximum Gasteiger partial charge on any atom is 0.233 e. The highest BCUT2D eigenvalue weighted by Gasteiger charge is 2.15. The number of thiophene rings is 1. The van der Waals surface area contributed by atoms with Gasteiger partial charge in [-0.2, -0.15) is 0 Å². The van der Waals surface area contributed by atoms with Crippen LogP contribution in [-0.2, 0) is 17.1 Å². The molecule has 2 rings (SSSR count). The monoisotopic (exact) mass is 359 g/mol. The van der Waals surface area contributed by atoms with Gasteiger partial charge < -0.3 is 5.32 Å². The summed E-state index contributed by atoms with van der Waals surface area (Å²) in [7, 11) is 0. The van der Waals surface area contributed by atoms with Crippen LogP contribution >= 0.6 is 46.3 Å². The topological polar surface area (TPSA) is 29.1 Å². The predicted octanol–water partition coefficient (Wildman–Crippen LogP) is 4.99. The Morgan fingerprint density at radius 2 is 2.00 bits per heavy atom. The van der Waals surface area contributed by atoms with Crippen molar-refractivity contribution in [2.45, 2.75) is 24.5 Å². The van der Waals surface area contributed by atoms with Gasteiger partial charge in [0.25, 0.3) is 0 Å². The number of halogens is 2. The van der Waals surface area contributed by atoms with Crippen molar-refractivity contribution in [2.24, 2.45) is 0 Å². The fourth-order valence-corrected chi connectivity index (χ4v) is 3.98. The van der Waals surface area contributed by atoms with Crippen LogP contribution in [0.15, 0.2) is 35.7 Å². The summed E-state index contributed by atoms with van der Waals surface area (Å²) in [6, 6.07) is 9.42. The van der Waals surface area contributed by atoms with Gasteiger partial charge in [0.1, 0.15) is 0 Å². The number of hydrogen-bond donors (Lipinski definition) is 1. The molecule has 0 aliphatic rings. The lowest BCUT2D eigenvalue weighted by Crippen LogP contribution is -2.30. The van der Waals surface area contributed by atoms with Crippen LogP contribution in [0.4, 0.5) is 0 Å². The molecule has 2 aromatic rings. The number of benzene rings is 1. The zero-order valence-corrected chi connectivity index (χ0v) is 14.6. The Hall–Kier alpha value is -0.680. The molecule has 0 spiro atoms. The van der Waals surface area contributed by atoms with E-state index in [9.17, 15) is 4.79 Å². The van der Waals surface area contributed by atoms with E-state index in [1.54, 1.807) is 11.3 Å². The number of rotatable bonds is 6. The Bertz CT molecular complexity index is 581. The van der Waals surface area contributed by atoms with Crippen molar-refractivity contribution >= 4 is 52.2 Å². The smallest absolute Gasteiger partial charge is 0.233 e. The standard InChI is InChI=1S/C15H15Cl2NOS2/c1-10(15(19)18-8-11-4-3-7-20-11)21-9-12-13(16)5-2-6-14(12)17/h2-7,10H,8-9H2,1H3,(H,18,19). The van der Waals surface area contributed by atoms with Gasteiger partial charge in [-0.1, -0.05) is 35.3 Å². The van der Waals surface area contributed by atoms with Crippen LogP contribution in [0.1, 0.15) is 17.4 Å². The molecule has 0 fully saturated rings. The maximum absolute atomic E-state index is 12.0. The first-order valence-corrected chi connectivity index (χ1v) is 9.11. The number of hydrogen-bond acceptors (Lipinski definition) is 3. The van der Waals surface area contributed by atoms with Crippen LogP contribution < -0.4 is 5.32 Å². The van der Waals surface area contributed by atoms with E-state index in [1.165, 1.54) is 11.8 Å². The molecule has 1 N–H and O–H groups in total. The van der Waals surface area contributed by atoms with Gasteiger partial charge in [0.15, 0.2) is 0 Å². The van der Waals surface area contributed by atoms with Gasteiger partial charge in [-0.15, -0.1) is 23.1 Å². The molecule has 112 valence electrons. The molecule has 1 aromatic carbocycles. The second-order valence-corrected chi connectivity index (χ2v) is 7.63. The van der Waals surface area contributed by atoms with E-state index in [0.717, 1.165) is 10.4 Å². The van der Waals surface area contributed by atoms with Crippen molar-refractivity contribution in [1.29, 1.82) is 0 Å². The summed E-state index contributed by atoms with van der Waals surface area (Å²) in [5.41, 5.74) is 0.878. The second kappa shape index (κ2) is 8.08. The van der Waals surface area contributed by atoms with Gasteiger partial charge >= 0.3 is 0 Å². The zero-order valence-electron chi connectivity index (χ0n) is 11.4. The van der Waals surface area contributed by atoms with E-state index in [0.29, 0.717) is 22.3 Å². The predicted molar refractivity (Wildman–Crippen MR) is 93.4 cm³/mol. The number of thioether (sulfide) groups is 1. The molecule has 2 nitrogen and oxygen atoms in total. The highest BCUT2D eigenvalue weighted by molar-refractivity contribution is 7.99. The van der Waals surface area contributed by atoms with Crippen LogP contribution in [0.3, 0.4) is 0 Å². The largest absolute Gasteiger partial charge is 0.350 e. The van der Waals surface area contributed by atoms with Gasteiger partial charge in [-0.25, -0.2) is 0 Å². The van der Waals surface area contributed by atoms with Crippen molar-refractivity contribution in [1.82, 2.24) is 5.32 Å². The highest BCUT2D eigenvalue weighted by atomic mass is 35.5. The molecule has 6 heteroatoms. The van der Waals surface area contributed by atoms with E-state index in [-0.39, 0.29) is 11.2 Å². The lowest BCUT2D eigenvalue weighted by Gasteiger charge is -2.13. The van der Waals surface area contributed by atoms with Crippen molar-refractivity contribution in [3.8, 4) is 0 Å². The highest BCUT2D eigenvalue weighted by Crippen LogP contribution is 2.29. The first kappa shape index (κ1) is 16.7. The van der Waals surface area contributed by atoms with Gasteiger partial charge in [-0.05, 0) is 36.1 Å². The Morgan fingerprint density at radius 3 is 2.62 bits per heavy atom. The molecule has 0 saturated carbocycles. The summed E-state index contributed by atoms with van der Waals surface area (Å²) in [6.45, 7) is 2.47. The minimum Gasteiger partial charge on any atom is -0.350 e. The fourth-order valence-electron chi connectivity index (χ4n) is 1.69. The van der Waals surface area contributed by atoms with E-state index >= 15 is 0 Å². The molecule has 0 aliphatic carbocycles. The molecule has 0 radical (unpaired) electrons. The van der Waals surface area contributed by atoms with Gasteiger partial charge in [0.2, 0.25) is 5.91 Å². The molecule has 1 amide bonds. The summed E-state index contributed by atoms with van der Waals surface area (Å²) in [5.74, 6) is 0.642. The maximum atomic E-state index is 12.0.